The van der Waals surface area contributed by atoms with Crippen LogP contribution in [0.3, 0.4) is 0 Å². The van der Waals surface area contributed by atoms with Crippen molar-refractivity contribution in [3.63, 3.8) is 0 Å². The molecule has 3 atom stereocenters. The predicted molar refractivity (Wildman–Crippen MR) is 64.9 cm³/mol. The average molecular weight is 213 g/mol. The Bertz CT molecular complexity index is 191. The van der Waals surface area contributed by atoms with Crippen molar-refractivity contribution in [1.82, 2.24) is 4.90 Å². The van der Waals surface area contributed by atoms with Gasteiger partial charge in [-0.2, -0.15) is 0 Å². The Morgan fingerprint density at radius 2 is 1.73 bits per heavy atom. The lowest BCUT2D eigenvalue weighted by Crippen LogP contribution is -2.48. The van der Waals surface area contributed by atoms with Gasteiger partial charge in [-0.15, -0.1) is 0 Å². The Balaban J connectivity index is 2.69. The van der Waals surface area contributed by atoms with Crippen molar-refractivity contribution in [2.24, 2.45) is 11.8 Å². The van der Waals surface area contributed by atoms with Gasteiger partial charge in [-0.25, -0.2) is 0 Å². The summed E-state index contributed by atoms with van der Waals surface area (Å²) in [5, 5.41) is 9.78. The largest absolute Gasteiger partial charge is 0.393 e. The molecule has 1 rings (SSSR count). The zero-order chi connectivity index (χ0) is 11.6. The molecular weight excluding hydrogens is 186 g/mol. The Morgan fingerprint density at radius 1 is 1.13 bits per heavy atom. The zero-order valence-electron chi connectivity index (χ0n) is 10.9. The van der Waals surface area contributed by atoms with Crippen LogP contribution in [0, 0.1) is 11.8 Å². The van der Waals surface area contributed by atoms with Gasteiger partial charge in [0.1, 0.15) is 0 Å². The predicted octanol–water partition coefficient (Wildman–Crippen LogP) is 2.51. The highest BCUT2D eigenvalue weighted by molar-refractivity contribution is 4.88. The molecule has 90 valence electrons. The molecule has 0 aliphatic heterocycles. The standard InChI is InChI=1S/C13H27NO/c1-9(2)12-7-6-11(15)8-13(12)14(5)10(3)4/h9-13,15H,6-8H2,1-5H3. The smallest absolute Gasteiger partial charge is 0.0555 e. The molecule has 2 heteroatoms. The van der Waals surface area contributed by atoms with Crippen molar-refractivity contribution in [2.75, 3.05) is 7.05 Å². The van der Waals surface area contributed by atoms with Crippen LogP contribution in [0.4, 0.5) is 0 Å². The fourth-order valence-electron chi connectivity index (χ4n) is 2.78. The maximum Gasteiger partial charge on any atom is 0.0555 e. The summed E-state index contributed by atoms with van der Waals surface area (Å²) >= 11 is 0. The number of rotatable bonds is 3. The first-order chi connectivity index (χ1) is 6.93. The molecule has 0 heterocycles. The minimum atomic E-state index is -0.0776. The van der Waals surface area contributed by atoms with Gasteiger partial charge in [0, 0.05) is 12.1 Å². The highest BCUT2D eigenvalue weighted by Crippen LogP contribution is 2.33. The fourth-order valence-corrected chi connectivity index (χ4v) is 2.78. The maximum absolute atomic E-state index is 9.78. The molecule has 0 bridgehead atoms. The Kier molecular flexibility index (Phi) is 4.60. The van der Waals surface area contributed by atoms with Crippen molar-refractivity contribution in [2.45, 2.75) is 65.1 Å². The van der Waals surface area contributed by atoms with Crippen LogP contribution in [0.25, 0.3) is 0 Å². The summed E-state index contributed by atoms with van der Waals surface area (Å²) < 4.78 is 0. The molecule has 1 saturated carbocycles. The van der Waals surface area contributed by atoms with Crippen LogP contribution in [-0.4, -0.2) is 35.2 Å². The van der Waals surface area contributed by atoms with Crippen LogP contribution in [0.5, 0.6) is 0 Å². The molecule has 0 amide bonds. The summed E-state index contributed by atoms with van der Waals surface area (Å²) in [5.41, 5.74) is 0. The summed E-state index contributed by atoms with van der Waals surface area (Å²) in [5.74, 6) is 1.48. The van der Waals surface area contributed by atoms with E-state index in [2.05, 4.69) is 39.6 Å². The number of hydrogen-bond acceptors (Lipinski definition) is 2. The van der Waals surface area contributed by atoms with E-state index in [1.54, 1.807) is 0 Å². The first-order valence-electron chi connectivity index (χ1n) is 6.33. The van der Waals surface area contributed by atoms with Gasteiger partial charge >= 0.3 is 0 Å². The topological polar surface area (TPSA) is 23.5 Å². The average Bonchev–Trinajstić information content (AvgIpc) is 2.15. The number of aliphatic hydroxyl groups excluding tert-OH is 1. The number of hydrogen-bond donors (Lipinski definition) is 1. The molecule has 0 spiro atoms. The molecule has 1 aliphatic carbocycles. The van der Waals surface area contributed by atoms with Gasteiger partial charge in [0.15, 0.2) is 0 Å². The van der Waals surface area contributed by atoms with Gasteiger partial charge in [-0.05, 0) is 52.0 Å². The van der Waals surface area contributed by atoms with Crippen molar-refractivity contribution >= 4 is 0 Å². The van der Waals surface area contributed by atoms with Crippen molar-refractivity contribution in [3.8, 4) is 0 Å². The first-order valence-corrected chi connectivity index (χ1v) is 6.33. The van der Waals surface area contributed by atoms with E-state index >= 15 is 0 Å². The number of nitrogens with zero attached hydrogens (tertiary/aromatic N) is 1. The number of aliphatic hydroxyl groups is 1. The second-order valence-corrected chi connectivity index (χ2v) is 5.70. The summed E-state index contributed by atoms with van der Waals surface area (Å²) in [6.07, 6.45) is 3.05. The first kappa shape index (κ1) is 13.0. The van der Waals surface area contributed by atoms with E-state index in [4.69, 9.17) is 0 Å². The van der Waals surface area contributed by atoms with Gasteiger partial charge in [0.05, 0.1) is 6.10 Å². The second kappa shape index (κ2) is 5.31. The van der Waals surface area contributed by atoms with Crippen molar-refractivity contribution in [3.05, 3.63) is 0 Å². The maximum atomic E-state index is 9.78. The molecule has 0 aromatic rings. The van der Waals surface area contributed by atoms with E-state index in [-0.39, 0.29) is 6.10 Å². The third kappa shape index (κ3) is 3.18. The zero-order valence-corrected chi connectivity index (χ0v) is 10.9. The summed E-state index contributed by atoms with van der Waals surface area (Å²) in [7, 11) is 2.20. The Hall–Kier alpha value is -0.0800. The molecule has 0 radical (unpaired) electrons. The van der Waals surface area contributed by atoms with E-state index in [0.29, 0.717) is 12.1 Å². The van der Waals surface area contributed by atoms with Crippen LogP contribution >= 0.6 is 0 Å². The van der Waals surface area contributed by atoms with Crippen LogP contribution < -0.4 is 0 Å². The van der Waals surface area contributed by atoms with Crippen molar-refractivity contribution < 1.29 is 5.11 Å². The molecule has 0 saturated heterocycles. The van der Waals surface area contributed by atoms with E-state index in [9.17, 15) is 5.11 Å². The van der Waals surface area contributed by atoms with E-state index in [1.165, 1.54) is 6.42 Å². The van der Waals surface area contributed by atoms with E-state index in [0.717, 1.165) is 24.7 Å². The van der Waals surface area contributed by atoms with Gasteiger partial charge in [0.2, 0.25) is 0 Å². The van der Waals surface area contributed by atoms with Gasteiger partial charge in [-0.3, -0.25) is 0 Å². The van der Waals surface area contributed by atoms with E-state index in [1.807, 2.05) is 0 Å². The van der Waals surface area contributed by atoms with Crippen LogP contribution in [0.2, 0.25) is 0 Å². The molecular formula is C13H27NO. The minimum absolute atomic E-state index is 0.0776. The van der Waals surface area contributed by atoms with Gasteiger partial charge in [-0.1, -0.05) is 13.8 Å². The monoisotopic (exact) mass is 213 g/mol. The second-order valence-electron chi connectivity index (χ2n) is 5.70. The lowest BCUT2D eigenvalue weighted by Gasteiger charge is -2.43. The molecule has 15 heavy (non-hydrogen) atoms. The molecule has 2 nitrogen and oxygen atoms in total. The molecule has 1 N–H and O–H groups in total. The highest BCUT2D eigenvalue weighted by Gasteiger charge is 2.34. The lowest BCUT2D eigenvalue weighted by molar-refractivity contribution is 0.0112. The summed E-state index contributed by atoms with van der Waals surface area (Å²) in [4.78, 5) is 2.44. The normalized spacial score (nSPS) is 33.0. The lowest BCUT2D eigenvalue weighted by atomic mass is 9.76. The fraction of sp³-hybridized carbons (Fsp3) is 1.00. The van der Waals surface area contributed by atoms with Gasteiger partial charge in [0.25, 0.3) is 0 Å². The Labute approximate surface area is 94.7 Å². The molecule has 1 aliphatic rings. The summed E-state index contributed by atoms with van der Waals surface area (Å²) in [6.45, 7) is 9.09. The highest BCUT2D eigenvalue weighted by atomic mass is 16.3. The molecule has 3 unspecified atom stereocenters. The van der Waals surface area contributed by atoms with Crippen LogP contribution in [0.1, 0.15) is 47.0 Å². The van der Waals surface area contributed by atoms with Crippen LogP contribution in [0.15, 0.2) is 0 Å². The van der Waals surface area contributed by atoms with Gasteiger partial charge < -0.3 is 10.0 Å². The van der Waals surface area contributed by atoms with E-state index < -0.39 is 0 Å². The third-order valence-electron chi connectivity index (χ3n) is 4.03. The molecule has 0 aromatic heterocycles. The minimum Gasteiger partial charge on any atom is -0.393 e. The van der Waals surface area contributed by atoms with Crippen LogP contribution in [-0.2, 0) is 0 Å². The quantitative estimate of drug-likeness (QED) is 0.778. The molecule has 0 aromatic carbocycles. The molecule has 1 fully saturated rings. The van der Waals surface area contributed by atoms with Crippen molar-refractivity contribution in [1.29, 1.82) is 0 Å². The summed E-state index contributed by atoms with van der Waals surface area (Å²) in [6, 6.07) is 1.13. The Morgan fingerprint density at radius 3 is 2.20 bits per heavy atom. The SMILES string of the molecule is CC(C)C1CCC(O)CC1N(C)C(C)C. The third-order valence-corrected chi connectivity index (χ3v) is 4.03.